The summed E-state index contributed by atoms with van der Waals surface area (Å²) in [7, 11) is 0. The fourth-order valence-electron chi connectivity index (χ4n) is 2.75. The van der Waals surface area contributed by atoms with Gasteiger partial charge in [0.05, 0.1) is 12.5 Å². The lowest BCUT2D eigenvalue weighted by Crippen LogP contribution is -2.27. The molecule has 1 fully saturated rings. The Bertz CT molecular complexity index is 1040. The lowest BCUT2D eigenvalue weighted by molar-refractivity contribution is 0.0665. The molecule has 0 aliphatic heterocycles. The predicted octanol–water partition coefficient (Wildman–Crippen LogP) is 3.45. The van der Waals surface area contributed by atoms with Crippen LogP contribution in [0.3, 0.4) is 0 Å². The Labute approximate surface area is 165 Å². The van der Waals surface area contributed by atoms with Crippen LogP contribution in [0.15, 0.2) is 42.6 Å². The van der Waals surface area contributed by atoms with E-state index in [2.05, 4.69) is 25.5 Å². The summed E-state index contributed by atoms with van der Waals surface area (Å²) >= 11 is 0. The molecule has 1 aliphatic rings. The molecule has 2 heterocycles. The van der Waals surface area contributed by atoms with Crippen LogP contribution in [-0.2, 0) is 0 Å². The van der Waals surface area contributed by atoms with Crippen molar-refractivity contribution in [3.63, 3.8) is 0 Å². The van der Waals surface area contributed by atoms with Gasteiger partial charge in [0.25, 0.3) is 11.8 Å². The van der Waals surface area contributed by atoms with Crippen molar-refractivity contribution in [3.05, 3.63) is 59.5 Å². The summed E-state index contributed by atoms with van der Waals surface area (Å²) in [5.74, 6) is -1.83. The monoisotopic (exact) mass is 399 g/mol. The van der Waals surface area contributed by atoms with Crippen molar-refractivity contribution in [1.29, 1.82) is 0 Å². The van der Waals surface area contributed by atoms with E-state index < -0.39 is 18.1 Å². The Morgan fingerprint density at radius 3 is 2.69 bits per heavy atom. The zero-order valence-corrected chi connectivity index (χ0v) is 15.8. The molecule has 9 heteroatoms. The zero-order valence-electron chi connectivity index (χ0n) is 15.8. The third-order valence-electron chi connectivity index (χ3n) is 4.57. The lowest BCUT2D eigenvalue weighted by Gasteiger charge is -2.11. The van der Waals surface area contributed by atoms with Crippen LogP contribution in [0.5, 0.6) is 5.75 Å². The molecule has 2 aromatic heterocycles. The van der Waals surface area contributed by atoms with E-state index in [9.17, 15) is 13.6 Å². The van der Waals surface area contributed by atoms with Gasteiger partial charge in [-0.2, -0.15) is 5.10 Å². The normalized spacial score (nSPS) is 18.1. The first-order valence-electron chi connectivity index (χ1n) is 9.12. The molecule has 0 bridgehead atoms. The molecule has 2 N–H and O–H groups in total. The van der Waals surface area contributed by atoms with E-state index >= 15 is 0 Å². The number of hydrogen-bond acceptors (Lipinski definition) is 5. The first kappa shape index (κ1) is 19.0. The maximum absolute atomic E-state index is 12.9. The number of hydrogen-bond donors (Lipinski definition) is 2. The third-order valence-corrected chi connectivity index (χ3v) is 4.57. The molecule has 0 spiro atoms. The highest BCUT2D eigenvalue weighted by atomic mass is 19.3. The fraction of sp³-hybridized carbons (Fsp3) is 0.300. The minimum Gasteiger partial charge on any atom is -0.484 e. The van der Waals surface area contributed by atoms with Crippen molar-refractivity contribution in [2.24, 2.45) is 0 Å². The molecule has 29 heavy (non-hydrogen) atoms. The summed E-state index contributed by atoms with van der Waals surface area (Å²) in [5, 5.41) is 9.80. The van der Waals surface area contributed by atoms with E-state index in [1.807, 2.05) is 19.1 Å². The van der Waals surface area contributed by atoms with Crippen LogP contribution < -0.4 is 10.1 Å². The topological polar surface area (TPSA) is 92.8 Å². The Morgan fingerprint density at radius 1 is 1.31 bits per heavy atom. The predicted molar refractivity (Wildman–Crippen MR) is 101 cm³/mol. The number of aromatic nitrogens is 4. The number of aromatic amines is 1. The summed E-state index contributed by atoms with van der Waals surface area (Å²) in [6.45, 7) is 3.73. The number of pyridine rings is 1. The zero-order chi connectivity index (χ0) is 20.6. The SMILES string of the molecule is Cc1ccnc(-c2n[nH]c(C(C)NC(=O)c3ccc(OC4CC4(F)F)cc3)n2)c1. The number of amides is 1. The molecule has 2 unspecified atom stereocenters. The molecule has 1 saturated carbocycles. The molecular formula is C20H19F2N5O2. The standard InChI is InChI=1S/C20H19F2N5O2/c1-11-7-8-23-15(9-11)18-25-17(26-27-18)12(2)24-19(28)13-3-5-14(6-4-13)29-16-10-20(16,21)22/h3-9,12,16H,10H2,1-2H3,(H,24,28)(H,25,26,27). The quantitative estimate of drug-likeness (QED) is 0.662. The number of alkyl halides is 2. The van der Waals surface area contributed by atoms with Crippen LogP contribution in [0.4, 0.5) is 8.78 Å². The highest BCUT2D eigenvalue weighted by Crippen LogP contribution is 2.44. The molecule has 1 amide bonds. The molecule has 3 aromatic rings. The Morgan fingerprint density at radius 2 is 2.03 bits per heavy atom. The van der Waals surface area contributed by atoms with Crippen LogP contribution in [0.2, 0.25) is 0 Å². The molecule has 1 aromatic carbocycles. The van der Waals surface area contributed by atoms with Gasteiger partial charge in [0.2, 0.25) is 0 Å². The number of rotatable bonds is 6. The molecule has 7 nitrogen and oxygen atoms in total. The molecular weight excluding hydrogens is 380 g/mol. The Balaban J connectivity index is 1.38. The van der Waals surface area contributed by atoms with Crippen molar-refractivity contribution in [1.82, 2.24) is 25.5 Å². The minimum absolute atomic E-state index is 0.274. The summed E-state index contributed by atoms with van der Waals surface area (Å²) in [5.41, 5.74) is 2.07. The van der Waals surface area contributed by atoms with Gasteiger partial charge in [0.15, 0.2) is 11.9 Å². The van der Waals surface area contributed by atoms with Gasteiger partial charge in [0, 0.05) is 11.8 Å². The number of aryl methyl sites for hydroxylation is 1. The van der Waals surface area contributed by atoms with Gasteiger partial charge < -0.3 is 10.1 Å². The first-order valence-corrected chi connectivity index (χ1v) is 9.12. The van der Waals surface area contributed by atoms with Gasteiger partial charge >= 0.3 is 0 Å². The first-order chi connectivity index (χ1) is 13.8. The van der Waals surface area contributed by atoms with Crippen molar-refractivity contribution < 1.29 is 18.3 Å². The van der Waals surface area contributed by atoms with Crippen LogP contribution in [0.1, 0.15) is 41.1 Å². The summed E-state index contributed by atoms with van der Waals surface area (Å²) in [6.07, 6.45) is 0.332. The van der Waals surface area contributed by atoms with Crippen LogP contribution >= 0.6 is 0 Å². The number of carbonyl (C=O) groups excluding carboxylic acids is 1. The van der Waals surface area contributed by atoms with Crippen LogP contribution in [0.25, 0.3) is 11.5 Å². The second-order valence-electron chi connectivity index (χ2n) is 7.05. The molecule has 1 aliphatic carbocycles. The molecule has 0 saturated heterocycles. The molecule has 0 radical (unpaired) electrons. The molecule has 2 atom stereocenters. The van der Waals surface area contributed by atoms with E-state index in [4.69, 9.17) is 4.74 Å². The number of carbonyl (C=O) groups is 1. The van der Waals surface area contributed by atoms with Gasteiger partial charge in [-0.25, -0.2) is 13.8 Å². The van der Waals surface area contributed by atoms with Gasteiger partial charge in [-0.15, -0.1) is 0 Å². The number of H-pyrrole nitrogens is 1. The fourth-order valence-corrected chi connectivity index (χ4v) is 2.75. The summed E-state index contributed by atoms with van der Waals surface area (Å²) in [6, 6.07) is 9.40. The van der Waals surface area contributed by atoms with Gasteiger partial charge in [0.1, 0.15) is 17.3 Å². The lowest BCUT2D eigenvalue weighted by atomic mass is 10.2. The van der Waals surface area contributed by atoms with Crippen molar-refractivity contribution >= 4 is 5.91 Å². The van der Waals surface area contributed by atoms with Gasteiger partial charge in [-0.05, 0) is 55.8 Å². The van der Waals surface area contributed by atoms with Crippen molar-refractivity contribution in [2.45, 2.75) is 38.3 Å². The third kappa shape index (κ3) is 4.23. The van der Waals surface area contributed by atoms with E-state index in [1.54, 1.807) is 13.1 Å². The number of benzene rings is 1. The highest BCUT2D eigenvalue weighted by molar-refractivity contribution is 5.94. The molecule has 4 rings (SSSR count). The Hall–Kier alpha value is -3.36. The average Bonchev–Trinajstić information content (AvgIpc) is 3.08. The minimum atomic E-state index is -2.75. The highest BCUT2D eigenvalue weighted by Gasteiger charge is 2.59. The van der Waals surface area contributed by atoms with Crippen molar-refractivity contribution in [3.8, 4) is 17.3 Å². The number of halogens is 2. The second kappa shape index (κ2) is 7.23. The summed E-state index contributed by atoms with van der Waals surface area (Å²) in [4.78, 5) is 21.1. The maximum Gasteiger partial charge on any atom is 0.288 e. The number of nitrogens with one attached hydrogen (secondary N) is 2. The smallest absolute Gasteiger partial charge is 0.288 e. The van der Waals surface area contributed by atoms with Crippen LogP contribution in [-0.4, -0.2) is 38.1 Å². The van der Waals surface area contributed by atoms with E-state index in [1.165, 1.54) is 24.3 Å². The summed E-state index contributed by atoms with van der Waals surface area (Å²) < 4.78 is 31.0. The van der Waals surface area contributed by atoms with E-state index in [-0.39, 0.29) is 12.3 Å². The molecule has 150 valence electrons. The average molecular weight is 399 g/mol. The maximum atomic E-state index is 12.9. The Kier molecular flexibility index (Phi) is 4.73. The van der Waals surface area contributed by atoms with Crippen LogP contribution in [0, 0.1) is 6.92 Å². The number of nitrogens with zero attached hydrogens (tertiary/aromatic N) is 3. The van der Waals surface area contributed by atoms with Crippen molar-refractivity contribution in [2.75, 3.05) is 0 Å². The second-order valence-corrected chi connectivity index (χ2v) is 7.05. The van der Waals surface area contributed by atoms with Gasteiger partial charge in [-0.3, -0.25) is 14.9 Å². The van der Waals surface area contributed by atoms with E-state index in [0.717, 1.165) is 5.56 Å². The van der Waals surface area contributed by atoms with E-state index in [0.29, 0.717) is 28.7 Å². The van der Waals surface area contributed by atoms with Gasteiger partial charge in [-0.1, -0.05) is 0 Å². The largest absolute Gasteiger partial charge is 0.484 e. The number of ether oxygens (including phenoxy) is 1.